The van der Waals surface area contributed by atoms with Gasteiger partial charge in [0.15, 0.2) is 25.8 Å². The number of ether oxygens (including phenoxy) is 3. The van der Waals surface area contributed by atoms with Crippen LogP contribution in [0.3, 0.4) is 0 Å². The second-order valence-electron chi connectivity index (χ2n) is 17.2. The number of aromatic amines is 2. The van der Waals surface area contributed by atoms with Gasteiger partial charge in [0.1, 0.15) is 24.5 Å². The zero-order chi connectivity index (χ0) is 46.2. The van der Waals surface area contributed by atoms with Gasteiger partial charge in [0.05, 0.1) is 50.9 Å². The number of piperazine rings is 1. The van der Waals surface area contributed by atoms with Crippen LogP contribution in [0.4, 0.5) is 5.95 Å². The molecule has 0 bridgehead atoms. The summed E-state index contributed by atoms with van der Waals surface area (Å²) in [6, 6.07) is 2.24. The van der Waals surface area contributed by atoms with E-state index >= 15 is 0 Å². The maximum atomic E-state index is 13.3. The number of nitrogens with one attached hydrogen (secondary N) is 4. The lowest BCUT2D eigenvalue weighted by Crippen LogP contribution is -2.55. The Kier molecular flexibility index (Phi) is 16.7. The summed E-state index contributed by atoms with van der Waals surface area (Å²) in [6.07, 6.45) is 2.19. The SMILES string of the molecule is CC[C@@H]1CN(Cc2cn(C[C@H]3O[C@@H](n4cnc5c(=O)[nH]c(NC(=O)C(C)C)nc54)[C@@H](OCCOC)C3OP(OCCC#N)C(C(C)C)C(C)C)nn2)C[C@H](n2cc(C)c(=O)[nH]c2=O)N1. The van der Waals surface area contributed by atoms with Crippen molar-refractivity contribution in [1.82, 2.24) is 54.3 Å². The molecule has 22 nitrogen and oxygen atoms in total. The minimum Gasteiger partial charge on any atom is -0.382 e. The number of imidazole rings is 1. The van der Waals surface area contributed by atoms with Crippen LogP contribution in [-0.2, 0) is 41.1 Å². The lowest BCUT2D eigenvalue weighted by Gasteiger charge is -2.39. The van der Waals surface area contributed by atoms with E-state index in [4.69, 9.17) is 23.3 Å². The van der Waals surface area contributed by atoms with Crippen LogP contribution in [0.2, 0.25) is 0 Å². The average Bonchev–Trinajstić information content (AvgIpc) is 3.96. The van der Waals surface area contributed by atoms with Crippen molar-refractivity contribution < 1.29 is 28.1 Å². The Hall–Kier alpha value is -4.72. The lowest BCUT2D eigenvalue weighted by molar-refractivity contribution is -0.118. The molecule has 350 valence electrons. The van der Waals surface area contributed by atoms with Crippen molar-refractivity contribution in [3.8, 4) is 6.07 Å². The number of aryl methyl sites for hydroxylation is 1. The first-order chi connectivity index (χ1) is 30.6. The summed E-state index contributed by atoms with van der Waals surface area (Å²) in [5, 5.41) is 24.7. The van der Waals surface area contributed by atoms with Gasteiger partial charge in [-0.2, -0.15) is 10.2 Å². The van der Waals surface area contributed by atoms with Gasteiger partial charge >= 0.3 is 5.69 Å². The maximum Gasteiger partial charge on any atom is 0.329 e. The van der Waals surface area contributed by atoms with E-state index in [1.165, 1.54) is 10.9 Å². The number of carbonyl (C=O) groups excluding carboxylic acids is 1. The first kappa shape index (κ1) is 48.7. The van der Waals surface area contributed by atoms with Gasteiger partial charge in [-0.3, -0.25) is 49.0 Å². The molecule has 2 aliphatic rings. The minimum atomic E-state index is -1.64. The first-order valence-electron chi connectivity index (χ1n) is 21.8. The molecule has 4 aromatic heterocycles. The quantitative estimate of drug-likeness (QED) is 0.0692. The van der Waals surface area contributed by atoms with E-state index in [1.807, 2.05) is 6.20 Å². The van der Waals surface area contributed by atoms with Crippen LogP contribution < -0.4 is 27.4 Å². The fourth-order valence-electron chi connectivity index (χ4n) is 8.11. The van der Waals surface area contributed by atoms with E-state index in [0.29, 0.717) is 30.9 Å². The normalized spacial score (nSPS) is 22.3. The summed E-state index contributed by atoms with van der Waals surface area (Å²) in [7, 11) is -0.0669. The van der Waals surface area contributed by atoms with Crippen LogP contribution in [-0.4, -0.2) is 125 Å². The van der Waals surface area contributed by atoms with Gasteiger partial charge in [-0.25, -0.2) is 14.5 Å². The topological polar surface area (TPSA) is 263 Å². The molecule has 2 saturated heterocycles. The third kappa shape index (κ3) is 11.6. The Balaban J connectivity index is 1.35. The highest BCUT2D eigenvalue weighted by Crippen LogP contribution is 2.54. The molecule has 23 heteroatoms. The molecule has 4 N–H and O–H groups in total. The molecule has 2 fully saturated rings. The zero-order valence-electron chi connectivity index (χ0n) is 38.0. The standard InChI is InChI=1S/C41H62N13O9P/c1-10-27-17-51(21-30(44-27)53-16-26(8)37(56)48-41(53)58)18-28-19-52(50-49-28)20-29-32(63-64(61-13-11-12-42)34(23(2)3)24(4)5)33(60-15-14-59-9)39(62-29)54-22-43-31-35(54)45-40(47-38(31)57)46-36(55)25(6)7/h16,19,22-25,27,29-30,32-34,39,44H,10-11,13-15,17-18,20-21H2,1-9H3,(H,48,56,58)(H2,45,46,47,55,57)/t27-,29-,30+,32?,33+,39-,64?/m1/s1. The minimum absolute atomic E-state index is 0.0295. The molecule has 64 heavy (non-hydrogen) atoms. The van der Waals surface area contributed by atoms with Gasteiger partial charge < -0.3 is 23.3 Å². The second-order valence-corrected chi connectivity index (χ2v) is 18.9. The Morgan fingerprint density at radius 1 is 1.03 bits per heavy atom. The number of H-pyrrole nitrogens is 2. The third-order valence-electron chi connectivity index (χ3n) is 11.3. The highest BCUT2D eigenvalue weighted by Gasteiger charge is 2.50. The molecule has 6 rings (SSSR count). The zero-order valence-corrected chi connectivity index (χ0v) is 38.9. The Morgan fingerprint density at radius 3 is 2.48 bits per heavy atom. The molecule has 0 aliphatic carbocycles. The number of methoxy groups -OCH3 is 1. The van der Waals surface area contributed by atoms with Crippen molar-refractivity contribution in [1.29, 1.82) is 5.26 Å². The summed E-state index contributed by atoms with van der Waals surface area (Å²) < 4.78 is 37.2. The van der Waals surface area contributed by atoms with E-state index in [-0.39, 0.29) is 91.4 Å². The molecule has 0 spiro atoms. The third-order valence-corrected chi connectivity index (χ3v) is 13.8. The summed E-state index contributed by atoms with van der Waals surface area (Å²) in [6.45, 7) is 18.0. The lowest BCUT2D eigenvalue weighted by atomic mass is 10.00. The van der Waals surface area contributed by atoms with Crippen LogP contribution in [0.25, 0.3) is 11.2 Å². The number of hydrogen-bond donors (Lipinski definition) is 4. The largest absolute Gasteiger partial charge is 0.382 e. The van der Waals surface area contributed by atoms with Crippen molar-refractivity contribution in [3.05, 3.63) is 61.2 Å². The number of fused-ring (bicyclic) bond motifs is 1. The van der Waals surface area contributed by atoms with Crippen molar-refractivity contribution >= 4 is 31.4 Å². The number of carbonyl (C=O) groups is 1. The highest BCUT2D eigenvalue weighted by atomic mass is 31.2. The summed E-state index contributed by atoms with van der Waals surface area (Å²) in [5.74, 6) is -0.424. The summed E-state index contributed by atoms with van der Waals surface area (Å²) in [4.78, 5) is 67.2. The predicted octanol–water partition coefficient (Wildman–Crippen LogP) is 2.78. The Bertz CT molecular complexity index is 2400. The second kappa shape index (κ2) is 22.0. The van der Waals surface area contributed by atoms with Gasteiger partial charge in [-0.1, -0.05) is 53.7 Å². The van der Waals surface area contributed by atoms with Gasteiger partial charge in [-0.05, 0) is 25.2 Å². The Labute approximate surface area is 372 Å². The average molecular weight is 912 g/mol. The van der Waals surface area contributed by atoms with Gasteiger partial charge in [0.25, 0.3) is 11.1 Å². The van der Waals surface area contributed by atoms with Crippen LogP contribution in [0.5, 0.6) is 0 Å². The van der Waals surface area contributed by atoms with E-state index in [0.717, 1.165) is 6.42 Å². The molecule has 2 aliphatic heterocycles. The van der Waals surface area contributed by atoms with Crippen LogP contribution in [0.1, 0.15) is 85.0 Å². The first-order valence-corrected chi connectivity index (χ1v) is 23.1. The molecular weight excluding hydrogens is 850 g/mol. The van der Waals surface area contributed by atoms with Gasteiger partial charge in [0, 0.05) is 62.3 Å². The van der Waals surface area contributed by atoms with Crippen molar-refractivity contribution in [2.45, 2.75) is 124 Å². The van der Waals surface area contributed by atoms with Gasteiger partial charge in [-0.15, -0.1) is 5.10 Å². The number of amides is 1. The van der Waals surface area contributed by atoms with E-state index in [9.17, 15) is 24.4 Å². The van der Waals surface area contributed by atoms with E-state index in [2.05, 4.69) is 86.5 Å². The molecule has 2 unspecified atom stereocenters. The van der Waals surface area contributed by atoms with E-state index < -0.39 is 49.7 Å². The van der Waals surface area contributed by atoms with Crippen LogP contribution in [0.15, 0.2) is 33.1 Å². The number of hydrogen-bond acceptors (Lipinski definition) is 16. The number of aromatic nitrogens is 9. The molecule has 0 radical (unpaired) electrons. The smallest absolute Gasteiger partial charge is 0.329 e. The van der Waals surface area contributed by atoms with Crippen molar-refractivity contribution in [3.63, 3.8) is 0 Å². The fourth-order valence-corrected chi connectivity index (χ4v) is 10.2. The molecular formula is C41H62N13O9P. The fraction of sp³-hybridized carbons (Fsp3) is 0.683. The molecule has 1 amide bonds. The van der Waals surface area contributed by atoms with Crippen molar-refractivity contribution in [2.75, 3.05) is 45.3 Å². The summed E-state index contributed by atoms with van der Waals surface area (Å²) in [5.41, 5.74) is -0.161. The number of nitriles is 1. The Morgan fingerprint density at radius 2 is 1.80 bits per heavy atom. The maximum absolute atomic E-state index is 13.3. The van der Waals surface area contributed by atoms with Crippen LogP contribution >= 0.6 is 8.38 Å². The van der Waals surface area contributed by atoms with Crippen molar-refractivity contribution in [2.24, 2.45) is 17.8 Å². The van der Waals surface area contributed by atoms with Gasteiger partial charge in [0.2, 0.25) is 11.9 Å². The number of rotatable bonds is 21. The van der Waals surface area contributed by atoms with E-state index in [1.54, 1.807) is 43.3 Å². The molecule has 6 heterocycles. The molecule has 4 aromatic rings. The summed E-state index contributed by atoms with van der Waals surface area (Å²) >= 11 is 0. The van der Waals surface area contributed by atoms with Crippen LogP contribution in [0, 0.1) is 36.0 Å². The predicted molar refractivity (Wildman–Crippen MR) is 236 cm³/mol. The molecule has 0 aromatic carbocycles. The highest BCUT2D eigenvalue weighted by molar-refractivity contribution is 7.48. The molecule has 7 atom stereocenters. The monoisotopic (exact) mass is 911 g/mol. The number of nitrogens with zero attached hydrogens (tertiary/aromatic N) is 9. The molecule has 0 saturated carbocycles. The number of anilines is 1.